The molecule has 2 aromatic rings. The molecular formula is C19H30N4O4S. The van der Waals surface area contributed by atoms with Crippen LogP contribution in [0.5, 0.6) is 11.8 Å². The van der Waals surface area contributed by atoms with E-state index in [4.69, 9.17) is 27.0 Å². The summed E-state index contributed by atoms with van der Waals surface area (Å²) in [6.45, 7) is 9.61. The average molecular weight is 411 g/mol. The molecule has 0 atom stereocenters. The van der Waals surface area contributed by atoms with E-state index in [1.807, 2.05) is 32.6 Å². The van der Waals surface area contributed by atoms with Crippen molar-refractivity contribution in [2.45, 2.75) is 64.2 Å². The van der Waals surface area contributed by atoms with E-state index in [9.17, 15) is 10.2 Å². The van der Waals surface area contributed by atoms with Crippen LogP contribution in [0.3, 0.4) is 0 Å². The molecule has 4 N–H and O–H groups in total. The van der Waals surface area contributed by atoms with Gasteiger partial charge in [-0.3, -0.25) is 0 Å². The second kappa shape index (κ2) is 8.81. The quantitative estimate of drug-likeness (QED) is 0.506. The number of aromatic hydroxyl groups is 2. The van der Waals surface area contributed by atoms with Crippen LogP contribution < -0.4 is 5.73 Å². The van der Waals surface area contributed by atoms with E-state index in [0.717, 1.165) is 38.8 Å². The molecule has 0 radical (unpaired) electrons. The van der Waals surface area contributed by atoms with E-state index < -0.39 is 0 Å². The predicted octanol–water partition coefficient (Wildman–Crippen LogP) is 3.44. The summed E-state index contributed by atoms with van der Waals surface area (Å²) < 4.78 is 9.68. The van der Waals surface area contributed by atoms with Gasteiger partial charge in [0.15, 0.2) is 5.11 Å². The van der Waals surface area contributed by atoms with Gasteiger partial charge >= 0.3 is 0 Å². The topological polar surface area (TPSA) is 122 Å². The van der Waals surface area contributed by atoms with Crippen LogP contribution >= 0.6 is 12.2 Å². The van der Waals surface area contributed by atoms with Crippen LogP contribution in [0, 0.1) is 0 Å². The van der Waals surface area contributed by atoms with Gasteiger partial charge in [-0.05, 0) is 59.0 Å². The Morgan fingerprint density at radius 3 is 1.64 bits per heavy atom. The van der Waals surface area contributed by atoms with Crippen molar-refractivity contribution < 1.29 is 19.3 Å². The number of aromatic nitrogens is 2. The molecule has 8 nitrogen and oxygen atoms in total. The molecule has 0 saturated heterocycles. The highest BCUT2D eigenvalue weighted by molar-refractivity contribution is 7.80. The molecule has 156 valence electrons. The third-order valence-corrected chi connectivity index (χ3v) is 5.59. The zero-order valence-electron chi connectivity index (χ0n) is 16.9. The lowest BCUT2D eigenvalue weighted by atomic mass is 9.81. The summed E-state index contributed by atoms with van der Waals surface area (Å²) >= 11 is 5.21. The van der Waals surface area contributed by atoms with Gasteiger partial charge in [0.1, 0.15) is 12.5 Å². The van der Waals surface area contributed by atoms with Crippen LogP contribution in [0.1, 0.15) is 64.5 Å². The highest BCUT2D eigenvalue weighted by atomic mass is 32.1. The van der Waals surface area contributed by atoms with Crippen LogP contribution in [-0.2, 0) is 10.8 Å². The Hall–Kier alpha value is -2.29. The van der Waals surface area contributed by atoms with E-state index >= 15 is 0 Å². The summed E-state index contributed by atoms with van der Waals surface area (Å²) in [6.07, 6.45) is 6.32. The van der Waals surface area contributed by atoms with Crippen LogP contribution in [0.4, 0.5) is 0 Å². The molecule has 0 aliphatic rings. The summed E-state index contributed by atoms with van der Waals surface area (Å²) in [4.78, 5) is 1.99. The Balaban J connectivity index is 1.84. The van der Waals surface area contributed by atoms with Crippen molar-refractivity contribution >= 4 is 17.3 Å². The van der Waals surface area contributed by atoms with Crippen molar-refractivity contribution in [3.05, 3.63) is 23.7 Å². The molecule has 0 amide bonds. The highest BCUT2D eigenvalue weighted by Crippen LogP contribution is 2.35. The fourth-order valence-electron chi connectivity index (χ4n) is 3.41. The van der Waals surface area contributed by atoms with Gasteiger partial charge in [0, 0.05) is 13.1 Å². The number of hydrogen-bond acceptors (Lipinski definition) is 7. The first-order chi connectivity index (χ1) is 13.0. The molecule has 2 aromatic heterocycles. The lowest BCUT2D eigenvalue weighted by molar-refractivity contribution is 0.337. The smallest absolute Gasteiger partial charge is 0.255 e. The van der Waals surface area contributed by atoms with Gasteiger partial charge in [-0.1, -0.05) is 27.7 Å². The predicted molar refractivity (Wildman–Crippen MR) is 109 cm³/mol. The molecular weight excluding hydrogens is 380 g/mol. The molecule has 0 aliphatic carbocycles. The summed E-state index contributed by atoms with van der Waals surface area (Å²) in [7, 11) is 0. The van der Waals surface area contributed by atoms with Gasteiger partial charge in [-0.15, -0.1) is 0 Å². The Labute approximate surface area is 170 Å². The molecule has 0 aromatic carbocycles. The van der Waals surface area contributed by atoms with Gasteiger partial charge in [0.05, 0.1) is 11.1 Å². The Morgan fingerprint density at radius 1 is 0.964 bits per heavy atom. The normalized spacial score (nSPS) is 12.3. The number of nitrogens with zero attached hydrogens (tertiary/aromatic N) is 3. The molecule has 28 heavy (non-hydrogen) atoms. The number of hydrogen-bond donors (Lipinski definition) is 3. The van der Waals surface area contributed by atoms with Gasteiger partial charge < -0.3 is 29.9 Å². The molecule has 9 heteroatoms. The van der Waals surface area contributed by atoms with Crippen molar-refractivity contribution in [1.29, 1.82) is 0 Å². The van der Waals surface area contributed by atoms with E-state index in [2.05, 4.69) is 10.3 Å². The van der Waals surface area contributed by atoms with E-state index in [1.54, 1.807) is 0 Å². The van der Waals surface area contributed by atoms with Crippen LogP contribution in [0.25, 0.3) is 0 Å². The van der Waals surface area contributed by atoms with Gasteiger partial charge in [0.2, 0.25) is 0 Å². The summed E-state index contributed by atoms with van der Waals surface area (Å²) in [5.74, 6) is -0.120. The SMILES string of the molecule is CC(C)(CCCN(CCCC(C)(C)c1conc1O)C(N)=S)c1conc1O. The van der Waals surface area contributed by atoms with Gasteiger partial charge in [0.25, 0.3) is 11.8 Å². The molecule has 0 unspecified atom stereocenters. The van der Waals surface area contributed by atoms with Crippen molar-refractivity contribution in [3.8, 4) is 11.8 Å². The maximum absolute atomic E-state index is 9.79. The van der Waals surface area contributed by atoms with E-state index in [1.165, 1.54) is 12.5 Å². The minimum absolute atomic E-state index is 0.0598. The molecule has 0 bridgehead atoms. The lowest BCUT2D eigenvalue weighted by Crippen LogP contribution is -2.38. The largest absolute Gasteiger partial charge is 0.491 e. The average Bonchev–Trinajstić information content (AvgIpc) is 3.22. The Kier molecular flexibility index (Phi) is 6.92. The standard InChI is InChI=1S/C19H30N4O4S/c1-18(2,13-11-26-21-15(13)24)7-5-9-23(17(20)28)10-6-8-19(3,4)14-12-27-22-16(14)25/h11-12H,5-10H2,1-4H3,(H2,20,28)(H,21,24)(H,22,25). The summed E-state index contributed by atoms with van der Waals surface area (Å²) in [5.41, 5.74) is 6.77. The summed E-state index contributed by atoms with van der Waals surface area (Å²) in [6, 6.07) is 0. The van der Waals surface area contributed by atoms with Crippen molar-refractivity contribution in [2.24, 2.45) is 5.73 Å². The summed E-state index contributed by atoms with van der Waals surface area (Å²) in [5, 5.41) is 27.0. The molecule has 2 rings (SSSR count). The molecule has 0 saturated carbocycles. The molecule has 0 aliphatic heterocycles. The van der Waals surface area contributed by atoms with Crippen LogP contribution in [0.2, 0.25) is 0 Å². The Bertz CT molecular complexity index is 726. The zero-order valence-corrected chi connectivity index (χ0v) is 17.8. The van der Waals surface area contributed by atoms with Gasteiger partial charge in [-0.25, -0.2) is 0 Å². The first-order valence-electron chi connectivity index (χ1n) is 9.36. The molecule has 0 fully saturated rings. The van der Waals surface area contributed by atoms with E-state index in [-0.39, 0.29) is 22.6 Å². The monoisotopic (exact) mass is 410 g/mol. The van der Waals surface area contributed by atoms with Crippen molar-refractivity contribution in [2.75, 3.05) is 13.1 Å². The Morgan fingerprint density at radius 2 is 1.36 bits per heavy atom. The van der Waals surface area contributed by atoms with Crippen molar-refractivity contribution in [3.63, 3.8) is 0 Å². The fourth-order valence-corrected chi connectivity index (χ4v) is 3.59. The second-order valence-corrected chi connectivity index (χ2v) is 8.82. The molecule has 0 spiro atoms. The maximum Gasteiger partial charge on any atom is 0.255 e. The second-order valence-electron chi connectivity index (χ2n) is 8.40. The number of rotatable bonds is 10. The lowest BCUT2D eigenvalue weighted by Gasteiger charge is -2.28. The fraction of sp³-hybridized carbons (Fsp3) is 0.632. The third-order valence-electron chi connectivity index (χ3n) is 5.33. The first kappa shape index (κ1) is 22.0. The minimum atomic E-state index is -0.264. The maximum atomic E-state index is 9.79. The number of nitrogens with two attached hydrogens (primary N) is 1. The molecule has 2 heterocycles. The van der Waals surface area contributed by atoms with Crippen molar-refractivity contribution in [1.82, 2.24) is 15.2 Å². The van der Waals surface area contributed by atoms with Crippen LogP contribution in [0.15, 0.2) is 21.6 Å². The van der Waals surface area contributed by atoms with E-state index in [0.29, 0.717) is 16.2 Å². The number of thiocarbonyl (C=S) groups is 1. The highest BCUT2D eigenvalue weighted by Gasteiger charge is 2.28. The first-order valence-corrected chi connectivity index (χ1v) is 9.77. The van der Waals surface area contributed by atoms with Crippen LogP contribution in [-0.4, -0.2) is 43.6 Å². The third kappa shape index (κ3) is 5.37. The zero-order chi connectivity index (χ0) is 20.9. The van der Waals surface area contributed by atoms with Gasteiger partial charge in [-0.2, -0.15) is 0 Å². The minimum Gasteiger partial charge on any atom is -0.491 e.